The largest absolute Gasteiger partial charge is 0.497 e. The zero-order valence-corrected chi connectivity index (χ0v) is 23.4. The number of sulfonamides is 1. The minimum absolute atomic E-state index is 0.251. The molecule has 0 aliphatic heterocycles. The first-order chi connectivity index (χ1) is 18.6. The van der Waals surface area contributed by atoms with Gasteiger partial charge in [-0.3, -0.25) is 13.9 Å². The molecular formula is C28H33N3O7S. The number of para-hydroxylation sites is 1. The average molecular weight is 556 g/mol. The molecule has 0 aromatic heterocycles. The van der Waals surface area contributed by atoms with E-state index in [-0.39, 0.29) is 17.2 Å². The van der Waals surface area contributed by atoms with Crippen LogP contribution in [-0.4, -0.2) is 60.4 Å². The quantitative estimate of drug-likeness (QED) is 0.351. The van der Waals surface area contributed by atoms with Gasteiger partial charge in [0.1, 0.15) is 11.8 Å². The SMILES string of the molecule is COc1ccc(N([C@@H](C)C(=O)Nc2ccccc2C(=O)NCCc2ccc(OC)c(OC)c2)S(C)(=O)=O)cc1. The summed E-state index contributed by atoms with van der Waals surface area (Å²) >= 11 is 0. The first-order valence-electron chi connectivity index (χ1n) is 12.1. The van der Waals surface area contributed by atoms with Crippen LogP contribution in [0.3, 0.4) is 0 Å². The van der Waals surface area contributed by atoms with Crippen molar-refractivity contribution in [3.63, 3.8) is 0 Å². The number of hydrogen-bond acceptors (Lipinski definition) is 7. The van der Waals surface area contributed by atoms with E-state index in [0.717, 1.165) is 16.1 Å². The normalized spacial score (nSPS) is 11.7. The molecule has 0 heterocycles. The van der Waals surface area contributed by atoms with Gasteiger partial charge in [-0.2, -0.15) is 0 Å². The number of benzene rings is 3. The van der Waals surface area contributed by atoms with E-state index in [1.54, 1.807) is 68.8 Å². The van der Waals surface area contributed by atoms with E-state index in [4.69, 9.17) is 14.2 Å². The number of carbonyl (C=O) groups is 2. The molecule has 3 aromatic carbocycles. The van der Waals surface area contributed by atoms with E-state index in [2.05, 4.69) is 10.6 Å². The summed E-state index contributed by atoms with van der Waals surface area (Å²) in [5.41, 5.74) is 1.77. The molecule has 0 bridgehead atoms. The van der Waals surface area contributed by atoms with Gasteiger partial charge in [0.05, 0.1) is 44.5 Å². The first-order valence-corrected chi connectivity index (χ1v) is 14.0. The minimum atomic E-state index is -3.81. The molecule has 0 saturated heterocycles. The van der Waals surface area contributed by atoms with Crippen LogP contribution in [0.15, 0.2) is 66.7 Å². The van der Waals surface area contributed by atoms with Gasteiger partial charge >= 0.3 is 0 Å². The van der Waals surface area contributed by atoms with Crippen LogP contribution in [0, 0.1) is 0 Å². The summed E-state index contributed by atoms with van der Waals surface area (Å²) in [5.74, 6) is 0.790. The lowest BCUT2D eigenvalue weighted by atomic mass is 10.1. The molecule has 0 aliphatic rings. The van der Waals surface area contributed by atoms with Crippen molar-refractivity contribution in [3.8, 4) is 17.2 Å². The molecule has 3 aromatic rings. The standard InChI is InChI=1S/C28H33N3O7S/c1-19(31(39(5,34)35)21-11-13-22(36-2)14-12-21)27(32)30-24-9-7-6-8-23(24)28(33)29-17-16-20-10-15-25(37-3)26(18-20)38-4/h6-15,18-19H,16-17H2,1-5H3,(H,29,33)(H,30,32)/t19-/m0/s1. The van der Waals surface area contributed by atoms with Crippen molar-refractivity contribution >= 4 is 33.2 Å². The lowest BCUT2D eigenvalue weighted by molar-refractivity contribution is -0.116. The maximum Gasteiger partial charge on any atom is 0.253 e. The van der Waals surface area contributed by atoms with Gasteiger partial charge in [0.2, 0.25) is 15.9 Å². The van der Waals surface area contributed by atoms with Crippen LogP contribution in [-0.2, 0) is 21.2 Å². The van der Waals surface area contributed by atoms with Crippen LogP contribution >= 0.6 is 0 Å². The Balaban J connectivity index is 1.71. The predicted molar refractivity (Wildman–Crippen MR) is 150 cm³/mol. The zero-order valence-electron chi connectivity index (χ0n) is 22.6. The fraction of sp³-hybridized carbons (Fsp3) is 0.286. The second kappa shape index (κ2) is 13.0. The van der Waals surface area contributed by atoms with Crippen LogP contribution < -0.4 is 29.1 Å². The van der Waals surface area contributed by atoms with E-state index >= 15 is 0 Å². The second-order valence-corrected chi connectivity index (χ2v) is 10.5. The third kappa shape index (κ3) is 7.41. The molecule has 0 unspecified atom stereocenters. The molecule has 3 rings (SSSR count). The van der Waals surface area contributed by atoms with Gasteiger partial charge in [-0.15, -0.1) is 0 Å². The molecule has 11 heteroatoms. The van der Waals surface area contributed by atoms with E-state index in [9.17, 15) is 18.0 Å². The van der Waals surface area contributed by atoms with Crippen LogP contribution in [0.5, 0.6) is 17.2 Å². The molecule has 1 atom stereocenters. The minimum Gasteiger partial charge on any atom is -0.497 e. The van der Waals surface area contributed by atoms with Crippen LogP contribution in [0.25, 0.3) is 0 Å². The van der Waals surface area contributed by atoms with Gasteiger partial charge in [0.15, 0.2) is 11.5 Å². The highest BCUT2D eigenvalue weighted by Crippen LogP contribution is 2.28. The van der Waals surface area contributed by atoms with Crippen LogP contribution in [0.2, 0.25) is 0 Å². The predicted octanol–water partition coefficient (Wildman–Crippen LogP) is 3.48. The molecule has 208 valence electrons. The monoisotopic (exact) mass is 555 g/mol. The Labute approximate surface area is 228 Å². The number of carbonyl (C=O) groups excluding carboxylic acids is 2. The number of amides is 2. The van der Waals surface area contributed by atoms with Gasteiger partial charge in [0, 0.05) is 6.54 Å². The average Bonchev–Trinajstić information content (AvgIpc) is 2.92. The van der Waals surface area contributed by atoms with Gasteiger partial charge < -0.3 is 24.8 Å². The van der Waals surface area contributed by atoms with E-state index < -0.39 is 22.0 Å². The summed E-state index contributed by atoms with van der Waals surface area (Å²) in [6.45, 7) is 1.82. The summed E-state index contributed by atoms with van der Waals surface area (Å²) in [6, 6.07) is 17.3. The molecule has 0 saturated carbocycles. The highest BCUT2D eigenvalue weighted by molar-refractivity contribution is 7.92. The van der Waals surface area contributed by atoms with Gasteiger partial charge in [-0.05, 0) is 67.4 Å². The van der Waals surface area contributed by atoms with Crippen LogP contribution in [0.4, 0.5) is 11.4 Å². The number of methoxy groups -OCH3 is 3. The number of nitrogens with one attached hydrogen (secondary N) is 2. The fourth-order valence-electron chi connectivity index (χ4n) is 4.02. The number of ether oxygens (including phenoxy) is 3. The highest BCUT2D eigenvalue weighted by atomic mass is 32.2. The summed E-state index contributed by atoms with van der Waals surface area (Å²) in [5, 5.41) is 5.57. The Hall–Kier alpha value is -4.25. The van der Waals surface area contributed by atoms with Gasteiger partial charge in [-0.25, -0.2) is 8.42 Å². The van der Waals surface area contributed by atoms with Crippen LogP contribution in [0.1, 0.15) is 22.8 Å². The topological polar surface area (TPSA) is 123 Å². The Morgan fingerprint density at radius 1 is 0.897 bits per heavy atom. The van der Waals surface area contributed by atoms with E-state index in [1.807, 2.05) is 12.1 Å². The van der Waals surface area contributed by atoms with E-state index in [0.29, 0.717) is 35.9 Å². The molecule has 0 fully saturated rings. The van der Waals surface area contributed by atoms with Crippen molar-refractivity contribution in [2.45, 2.75) is 19.4 Å². The maximum atomic E-state index is 13.2. The lowest BCUT2D eigenvalue weighted by Crippen LogP contribution is -2.45. The highest BCUT2D eigenvalue weighted by Gasteiger charge is 2.30. The van der Waals surface area contributed by atoms with Crippen molar-refractivity contribution in [2.24, 2.45) is 0 Å². The van der Waals surface area contributed by atoms with Crippen molar-refractivity contribution in [1.29, 1.82) is 0 Å². The summed E-state index contributed by atoms with van der Waals surface area (Å²) < 4.78 is 41.9. The number of hydrogen-bond donors (Lipinski definition) is 2. The lowest BCUT2D eigenvalue weighted by Gasteiger charge is -2.28. The summed E-state index contributed by atoms with van der Waals surface area (Å²) in [4.78, 5) is 26.2. The smallest absolute Gasteiger partial charge is 0.253 e. The molecule has 2 amide bonds. The molecule has 0 radical (unpaired) electrons. The van der Waals surface area contributed by atoms with Crippen molar-refractivity contribution in [3.05, 3.63) is 77.9 Å². The Bertz CT molecular complexity index is 1410. The molecule has 10 nitrogen and oxygen atoms in total. The number of nitrogens with zero attached hydrogens (tertiary/aromatic N) is 1. The maximum absolute atomic E-state index is 13.2. The van der Waals surface area contributed by atoms with Crippen molar-refractivity contribution in [2.75, 3.05) is 43.8 Å². The third-order valence-electron chi connectivity index (χ3n) is 5.99. The zero-order chi connectivity index (χ0) is 28.6. The van der Waals surface area contributed by atoms with Gasteiger partial charge in [-0.1, -0.05) is 18.2 Å². The fourth-order valence-corrected chi connectivity index (χ4v) is 5.19. The molecule has 0 aliphatic carbocycles. The third-order valence-corrected chi connectivity index (χ3v) is 7.23. The summed E-state index contributed by atoms with van der Waals surface area (Å²) in [6.07, 6.45) is 1.57. The van der Waals surface area contributed by atoms with E-state index in [1.165, 1.54) is 14.0 Å². The number of anilines is 2. The molecular weight excluding hydrogens is 522 g/mol. The Morgan fingerprint density at radius 3 is 2.18 bits per heavy atom. The van der Waals surface area contributed by atoms with Gasteiger partial charge in [0.25, 0.3) is 5.91 Å². The Morgan fingerprint density at radius 2 is 1.56 bits per heavy atom. The first kappa shape index (κ1) is 29.3. The summed E-state index contributed by atoms with van der Waals surface area (Å²) in [7, 11) is 0.810. The second-order valence-electron chi connectivity index (χ2n) is 8.66. The molecule has 0 spiro atoms. The number of rotatable bonds is 12. The molecule has 39 heavy (non-hydrogen) atoms. The Kier molecular flexibility index (Phi) is 9.78. The van der Waals surface area contributed by atoms with Crippen molar-refractivity contribution in [1.82, 2.24) is 5.32 Å². The van der Waals surface area contributed by atoms with Crippen molar-refractivity contribution < 1.29 is 32.2 Å². The molecule has 2 N–H and O–H groups in total.